The number of carbonyl (C=O) groups is 1. The second-order valence-corrected chi connectivity index (χ2v) is 2.75. The Bertz CT molecular complexity index is 350. The number of nitrogens with zero attached hydrogens (tertiary/aromatic N) is 1. The van der Waals surface area contributed by atoms with Crippen LogP contribution in [0.25, 0.3) is 0 Å². The van der Waals surface area contributed by atoms with Gasteiger partial charge in [0, 0.05) is 0 Å². The first-order valence-corrected chi connectivity index (χ1v) is 4.65. The summed E-state index contributed by atoms with van der Waals surface area (Å²) in [5.74, 6) is -1.26. The molecule has 0 unspecified atom stereocenters. The van der Waals surface area contributed by atoms with Crippen LogP contribution in [0.15, 0.2) is 40.8 Å². The largest absolute Gasteiger partial charge is 0.480 e. The molecule has 1 aromatic rings. The molecule has 0 radical (unpaired) electrons. The molecule has 76 valence electrons. The molecule has 0 heterocycles. The Hall–Kier alpha value is -1.69. The number of benzene rings is 1. The van der Waals surface area contributed by atoms with Crippen molar-refractivity contribution in [3.05, 3.63) is 36.4 Å². The second kappa shape index (κ2) is 7.93. The van der Waals surface area contributed by atoms with E-state index in [1.54, 1.807) is 0 Å². The number of hydrogen-bond donors (Lipinski definition) is 1. The molecule has 6 heteroatoms. The highest BCUT2D eigenvalue weighted by molar-refractivity contribution is 7.61. The van der Waals surface area contributed by atoms with Gasteiger partial charge in [-0.15, -0.1) is 0 Å². The summed E-state index contributed by atoms with van der Waals surface area (Å²) in [6, 6.07) is 12.0. The Labute approximate surface area is 82.7 Å². The first-order chi connectivity index (χ1) is 6.63. The molecule has 0 aliphatic carbocycles. The van der Waals surface area contributed by atoms with E-state index < -0.39 is 23.0 Å². The van der Waals surface area contributed by atoms with Gasteiger partial charge in [0.25, 0.3) is 0 Å². The molecular formula is C8H9NO4S. The summed E-state index contributed by atoms with van der Waals surface area (Å²) in [7, 11) is -2.59. The van der Waals surface area contributed by atoms with Crippen LogP contribution in [0.3, 0.4) is 0 Å². The lowest BCUT2D eigenvalue weighted by atomic mass is 10.4. The Morgan fingerprint density at radius 2 is 1.43 bits per heavy atom. The first kappa shape index (κ1) is 12.3. The van der Waals surface area contributed by atoms with Crippen molar-refractivity contribution in [2.24, 2.45) is 4.36 Å². The van der Waals surface area contributed by atoms with Gasteiger partial charge < -0.3 is 5.11 Å². The van der Waals surface area contributed by atoms with Crippen molar-refractivity contribution in [3.8, 4) is 0 Å². The topological polar surface area (TPSA) is 83.8 Å². The van der Waals surface area contributed by atoms with E-state index in [-0.39, 0.29) is 0 Å². The minimum absolute atomic E-state index is 0.684. The van der Waals surface area contributed by atoms with E-state index in [0.29, 0.717) is 0 Å². The molecule has 1 N–H and O–H groups in total. The van der Waals surface area contributed by atoms with Crippen LogP contribution in [0, 0.1) is 0 Å². The van der Waals surface area contributed by atoms with Gasteiger partial charge in [0.2, 0.25) is 0 Å². The van der Waals surface area contributed by atoms with Crippen LogP contribution in [0.2, 0.25) is 0 Å². The molecule has 5 nitrogen and oxygen atoms in total. The lowest BCUT2D eigenvalue weighted by molar-refractivity contribution is -0.135. The van der Waals surface area contributed by atoms with Crippen LogP contribution in [-0.2, 0) is 15.3 Å². The molecule has 1 aromatic carbocycles. The minimum atomic E-state index is -2.59. The van der Waals surface area contributed by atoms with E-state index in [0.717, 1.165) is 0 Å². The summed E-state index contributed by atoms with van der Waals surface area (Å²) in [5.41, 5.74) is 0. The van der Waals surface area contributed by atoms with E-state index in [4.69, 9.17) is 5.11 Å². The molecule has 14 heavy (non-hydrogen) atoms. The predicted molar refractivity (Wildman–Crippen MR) is 50.3 cm³/mol. The molecule has 0 spiro atoms. The zero-order chi connectivity index (χ0) is 10.8. The zero-order valence-electron chi connectivity index (χ0n) is 7.20. The minimum Gasteiger partial charge on any atom is -0.480 e. The van der Waals surface area contributed by atoms with Crippen LogP contribution in [-0.4, -0.2) is 26.0 Å². The summed E-state index contributed by atoms with van der Waals surface area (Å²) in [6.45, 7) is -0.684. The van der Waals surface area contributed by atoms with Gasteiger partial charge >= 0.3 is 16.5 Å². The molecule has 0 aliphatic heterocycles. The SMILES string of the molecule is O=C(O)CN=S(=O)=O.c1ccccc1. The summed E-state index contributed by atoms with van der Waals surface area (Å²) in [5, 5.41) is 7.80. The first-order valence-electron chi connectivity index (χ1n) is 3.61. The third kappa shape index (κ3) is 10.3. The fraction of sp³-hybridized carbons (Fsp3) is 0.125. The lowest BCUT2D eigenvalue weighted by Gasteiger charge is -1.74. The van der Waals surface area contributed by atoms with Gasteiger partial charge in [0.1, 0.15) is 0 Å². The molecule has 0 bridgehead atoms. The van der Waals surface area contributed by atoms with Crippen molar-refractivity contribution in [2.45, 2.75) is 0 Å². The van der Waals surface area contributed by atoms with E-state index in [9.17, 15) is 13.2 Å². The Morgan fingerprint density at radius 1 is 1.07 bits per heavy atom. The number of carboxylic acids is 1. The summed E-state index contributed by atoms with van der Waals surface area (Å²) in [6.07, 6.45) is 0. The van der Waals surface area contributed by atoms with Gasteiger partial charge in [-0.25, -0.2) is 0 Å². The van der Waals surface area contributed by atoms with E-state index in [2.05, 4.69) is 4.36 Å². The Morgan fingerprint density at radius 3 is 1.57 bits per heavy atom. The molecule has 0 aliphatic rings. The van der Waals surface area contributed by atoms with Crippen molar-refractivity contribution in [3.63, 3.8) is 0 Å². The average Bonchev–Trinajstić information content (AvgIpc) is 2.18. The standard InChI is InChI=1S/C6H6.C2H3NO4S/c1-2-4-6-5-3-1;4-2(5)1-3-8(6)7/h1-6H;1H2,(H,4,5). The lowest BCUT2D eigenvalue weighted by Crippen LogP contribution is -1.97. The maximum Gasteiger partial charge on any atom is 0.326 e. The normalized spacial score (nSPS) is 8.00. The predicted octanol–water partition coefficient (Wildman–Crippen LogP) is 0.820. The third-order valence-corrected chi connectivity index (χ3v) is 1.31. The number of rotatable bonds is 2. The van der Waals surface area contributed by atoms with Gasteiger partial charge in [-0.05, 0) is 0 Å². The second-order valence-electron chi connectivity index (χ2n) is 2.05. The van der Waals surface area contributed by atoms with Crippen molar-refractivity contribution in [2.75, 3.05) is 6.54 Å². The maximum atomic E-state index is 9.54. The molecule has 0 saturated heterocycles. The van der Waals surface area contributed by atoms with E-state index >= 15 is 0 Å². The average molecular weight is 215 g/mol. The van der Waals surface area contributed by atoms with Gasteiger partial charge in [-0.3, -0.25) is 4.79 Å². The number of aliphatic carboxylic acids is 1. The third-order valence-electron chi connectivity index (χ3n) is 0.972. The Kier molecular flexibility index (Phi) is 6.98. The van der Waals surface area contributed by atoms with Crippen molar-refractivity contribution >= 4 is 16.5 Å². The van der Waals surface area contributed by atoms with Crippen molar-refractivity contribution < 1.29 is 18.3 Å². The highest BCUT2D eigenvalue weighted by atomic mass is 32.2. The van der Waals surface area contributed by atoms with Crippen molar-refractivity contribution in [1.29, 1.82) is 0 Å². The zero-order valence-corrected chi connectivity index (χ0v) is 8.02. The summed E-state index contributed by atoms with van der Waals surface area (Å²) in [4.78, 5) is 9.54. The summed E-state index contributed by atoms with van der Waals surface area (Å²) < 4.78 is 21.6. The van der Waals surface area contributed by atoms with Gasteiger partial charge in [0.15, 0.2) is 6.54 Å². The van der Waals surface area contributed by atoms with Crippen LogP contribution < -0.4 is 0 Å². The van der Waals surface area contributed by atoms with Gasteiger partial charge in [-0.2, -0.15) is 12.8 Å². The molecule has 0 saturated carbocycles. The maximum absolute atomic E-state index is 9.54. The van der Waals surface area contributed by atoms with Gasteiger partial charge in [-0.1, -0.05) is 36.4 Å². The van der Waals surface area contributed by atoms with Crippen LogP contribution >= 0.6 is 0 Å². The van der Waals surface area contributed by atoms with Crippen LogP contribution in [0.4, 0.5) is 0 Å². The fourth-order valence-electron chi connectivity index (χ4n) is 0.493. The molecule has 0 aromatic heterocycles. The highest BCUT2D eigenvalue weighted by Gasteiger charge is 1.89. The van der Waals surface area contributed by atoms with E-state index in [1.165, 1.54) is 0 Å². The Balaban J connectivity index is 0.000000249. The highest BCUT2D eigenvalue weighted by Crippen LogP contribution is 1.79. The smallest absolute Gasteiger partial charge is 0.326 e. The van der Waals surface area contributed by atoms with Crippen LogP contribution in [0.5, 0.6) is 0 Å². The molecule has 0 fully saturated rings. The monoisotopic (exact) mass is 215 g/mol. The fourth-order valence-corrected chi connectivity index (χ4v) is 0.709. The summed E-state index contributed by atoms with van der Waals surface area (Å²) >= 11 is 0. The number of carboxylic acid groups (broad SMARTS) is 1. The number of hydrogen-bond acceptors (Lipinski definition) is 4. The van der Waals surface area contributed by atoms with E-state index in [1.807, 2.05) is 36.4 Å². The molecular weight excluding hydrogens is 206 g/mol. The van der Waals surface area contributed by atoms with Crippen molar-refractivity contribution in [1.82, 2.24) is 0 Å². The van der Waals surface area contributed by atoms with Gasteiger partial charge in [0.05, 0.1) is 0 Å². The quantitative estimate of drug-likeness (QED) is 0.791. The van der Waals surface area contributed by atoms with Crippen LogP contribution in [0.1, 0.15) is 0 Å². The molecule has 0 amide bonds. The molecule has 1 rings (SSSR count). The molecule has 0 atom stereocenters.